The zero-order valence-electron chi connectivity index (χ0n) is 17.1. The first kappa shape index (κ1) is 20.4. The van der Waals surface area contributed by atoms with Gasteiger partial charge in [0.25, 0.3) is 11.6 Å². The third-order valence-electron chi connectivity index (χ3n) is 5.48. The second kappa shape index (κ2) is 7.11. The number of rotatable bonds is 6. The summed E-state index contributed by atoms with van der Waals surface area (Å²) in [6, 6.07) is 5.06. The molecule has 1 saturated heterocycles. The average molecular weight is 428 g/mol. The standard InChI is InChI=1S/C20H20N4O7/c1-11-9-14(12(2)30-11)20(3)17(25)23(18(26)21-20)8-4-7-22-15-10-13(24(28)29)5-6-16(15)31-19(22)27/h5-6,9-10H,4,7-8H2,1-3H3,(H,21,26). The van der Waals surface area contributed by atoms with E-state index in [4.69, 9.17) is 8.83 Å². The number of nitro benzene ring substituents is 1. The van der Waals surface area contributed by atoms with Crippen molar-refractivity contribution in [3.05, 3.63) is 62.0 Å². The summed E-state index contributed by atoms with van der Waals surface area (Å²) in [6.07, 6.45) is 0.260. The van der Waals surface area contributed by atoms with Crippen LogP contribution in [0.5, 0.6) is 0 Å². The maximum Gasteiger partial charge on any atom is 0.419 e. The van der Waals surface area contributed by atoms with E-state index in [0.717, 1.165) is 4.90 Å². The first-order valence-corrected chi connectivity index (χ1v) is 9.61. The molecule has 0 aliphatic carbocycles. The number of aryl methyl sites for hydroxylation is 3. The van der Waals surface area contributed by atoms with Gasteiger partial charge in [-0.25, -0.2) is 9.59 Å². The fourth-order valence-corrected chi connectivity index (χ4v) is 3.97. The van der Waals surface area contributed by atoms with Crippen molar-refractivity contribution >= 4 is 28.7 Å². The normalized spacial score (nSPS) is 18.7. The van der Waals surface area contributed by atoms with Gasteiger partial charge in [-0.2, -0.15) is 0 Å². The molecule has 0 radical (unpaired) electrons. The number of nitrogens with zero attached hydrogens (tertiary/aromatic N) is 3. The molecular formula is C20H20N4O7. The lowest BCUT2D eigenvalue weighted by Crippen LogP contribution is -2.41. The van der Waals surface area contributed by atoms with Gasteiger partial charge in [-0.1, -0.05) is 0 Å². The maximum absolute atomic E-state index is 13.0. The molecule has 4 rings (SSSR count). The Hall–Kier alpha value is -3.89. The molecule has 2 aromatic heterocycles. The van der Waals surface area contributed by atoms with Crippen LogP contribution >= 0.6 is 0 Å². The number of carbonyl (C=O) groups excluding carboxylic acids is 2. The molecule has 3 amide bonds. The quantitative estimate of drug-likeness (QED) is 0.361. The summed E-state index contributed by atoms with van der Waals surface area (Å²) < 4.78 is 11.9. The highest BCUT2D eigenvalue weighted by molar-refractivity contribution is 6.07. The lowest BCUT2D eigenvalue weighted by Gasteiger charge is -2.21. The Morgan fingerprint density at radius 3 is 2.52 bits per heavy atom. The van der Waals surface area contributed by atoms with Crippen LogP contribution in [-0.2, 0) is 16.9 Å². The molecule has 1 fully saturated rings. The third kappa shape index (κ3) is 3.27. The van der Waals surface area contributed by atoms with Gasteiger partial charge in [0.05, 0.1) is 10.4 Å². The summed E-state index contributed by atoms with van der Waals surface area (Å²) in [7, 11) is 0. The lowest BCUT2D eigenvalue weighted by atomic mass is 9.92. The predicted molar refractivity (Wildman–Crippen MR) is 108 cm³/mol. The first-order chi connectivity index (χ1) is 14.6. The van der Waals surface area contributed by atoms with Gasteiger partial charge >= 0.3 is 11.8 Å². The van der Waals surface area contributed by atoms with Crippen molar-refractivity contribution in [2.24, 2.45) is 0 Å². The Balaban J connectivity index is 1.52. The van der Waals surface area contributed by atoms with E-state index in [2.05, 4.69) is 5.32 Å². The van der Waals surface area contributed by atoms with E-state index < -0.39 is 28.2 Å². The van der Waals surface area contributed by atoms with E-state index in [1.165, 1.54) is 22.8 Å². The van der Waals surface area contributed by atoms with Crippen LogP contribution in [0.15, 0.2) is 37.9 Å². The van der Waals surface area contributed by atoms with Gasteiger partial charge in [0.1, 0.15) is 17.1 Å². The van der Waals surface area contributed by atoms with Crippen molar-refractivity contribution < 1.29 is 23.3 Å². The Kier molecular flexibility index (Phi) is 4.68. The molecule has 1 atom stereocenters. The van der Waals surface area contributed by atoms with Gasteiger partial charge in [-0.05, 0) is 39.3 Å². The molecule has 1 N–H and O–H groups in total. The largest absolute Gasteiger partial charge is 0.466 e. The number of oxazole rings is 1. The van der Waals surface area contributed by atoms with Crippen molar-refractivity contribution in [3.8, 4) is 0 Å². The van der Waals surface area contributed by atoms with Gasteiger partial charge in [0, 0.05) is 30.8 Å². The molecule has 3 heterocycles. The number of nitrogens with one attached hydrogen (secondary N) is 1. The molecule has 11 nitrogen and oxygen atoms in total. The Morgan fingerprint density at radius 1 is 1.13 bits per heavy atom. The summed E-state index contributed by atoms with van der Waals surface area (Å²) in [5.41, 5.74) is -0.304. The number of non-ortho nitro benzene ring substituents is 1. The maximum atomic E-state index is 13.0. The summed E-state index contributed by atoms with van der Waals surface area (Å²) >= 11 is 0. The number of fused-ring (bicyclic) bond motifs is 1. The van der Waals surface area contributed by atoms with Crippen molar-refractivity contribution in [3.63, 3.8) is 0 Å². The molecule has 0 bridgehead atoms. The van der Waals surface area contributed by atoms with Crippen LogP contribution in [0.3, 0.4) is 0 Å². The second-order valence-corrected chi connectivity index (χ2v) is 7.62. The minimum Gasteiger partial charge on any atom is -0.466 e. The van der Waals surface area contributed by atoms with Crippen molar-refractivity contribution in [1.29, 1.82) is 0 Å². The van der Waals surface area contributed by atoms with Crippen LogP contribution in [-0.4, -0.2) is 32.9 Å². The average Bonchev–Trinajstić information content (AvgIpc) is 3.28. The van der Waals surface area contributed by atoms with E-state index in [9.17, 15) is 24.5 Å². The molecule has 1 aromatic carbocycles. The van der Waals surface area contributed by atoms with Crippen LogP contribution in [0.1, 0.15) is 30.4 Å². The Bertz CT molecular complexity index is 1280. The molecule has 0 saturated carbocycles. The zero-order valence-corrected chi connectivity index (χ0v) is 17.1. The van der Waals surface area contributed by atoms with Crippen LogP contribution in [0, 0.1) is 24.0 Å². The van der Waals surface area contributed by atoms with Gasteiger partial charge in [0.15, 0.2) is 5.58 Å². The SMILES string of the molecule is Cc1cc(C2(C)NC(=O)N(CCCn3c(=O)oc4ccc([N+](=O)[O-])cc43)C2=O)c(C)o1. The summed E-state index contributed by atoms with van der Waals surface area (Å²) in [6.45, 7) is 5.29. The highest BCUT2D eigenvalue weighted by Gasteiger charge is 2.50. The van der Waals surface area contributed by atoms with Crippen LogP contribution in [0.25, 0.3) is 11.1 Å². The minimum absolute atomic E-state index is 0.0597. The van der Waals surface area contributed by atoms with Crippen molar-refractivity contribution in [2.45, 2.75) is 39.3 Å². The number of imide groups is 1. The van der Waals surface area contributed by atoms with Crippen LogP contribution in [0.4, 0.5) is 10.5 Å². The molecule has 162 valence electrons. The fourth-order valence-electron chi connectivity index (χ4n) is 3.97. The molecule has 1 aliphatic heterocycles. The highest BCUT2D eigenvalue weighted by atomic mass is 16.6. The molecule has 11 heteroatoms. The van der Waals surface area contributed by atoms with E-state index in [1.807, 2.05) is 0 Å². The second-order valence-electron chi connectivity index (χ2n) is 7.62. The lowest BCUT2D eigenvalue weighted by molar-refractivity contribution is -0.384. The summed E-state index contributed by atoms with van der Waals surface area (Å²) in [5, 5.41) is 13.7. The van der Waals surface area contributed by atoms with E-state index in [-0.39, 0.29) is 36.3 Å². The minimum atomic E-state index is -1.24. The first-order valence-electron chi connectivity index (χ1n) is 9.61. The number of nitro groups is 1. The van der Waals surface area contributed by atoms with Crippen LogP contribution in [0.2, 0.25) is 0 Å². The molecule has 1 aliphatic rings. The summed E-state index contributed by atoms with van der Waals surface area (Å²) in [4.78, 5) is 49.2. The molecule has 3 aromatic rings. The summed E-state index contributed by atoms with van der Waals surface area (Å²) in [5.74, 6) is 0.103. The Labute approximate surface area is 175 Å². The number of amides is 3. The number of urea groups is 1. The topological polar surface area (TPSA) is 141 Å². The number of aromatic nitrogens is 1. The molecule has 31 heavy (non-hydrogen) atoms. The van der Waals surface area contributed by atoms with Gasteiger partial charge < -0.3 is 14.2 Å². The van der Waals surface area contributed by atoms with Gasteiger partial charge in [-0.3, -0.25) is 24.4 Å². The van der Waals surface area contributed by atoms with Gasteiger partial charge in [0.2, 0.25) is 0 Å². The number of benzene rings is 1. The van der Waals surface area contributed by atoms with Crippen molar-refractivity contribution in [1.82, 2.24) is 14.8 Å². The molecule has 0 spiro atoms. The van der Waals surface area contributed by atoms with E-state index in [0.29, 0.717) is 17.1 Å². The molecule has 1 unspecified atom stereocenters. The zero-order chi connectivity index (χ0) is 22.5. The smallest absolute Gasteiger partial charge is 0.419 e. The van der Waals surface area contributed by atoms with E-state index in [1.54, 1.807) is 26.8 Å². The fraction of sp³-hybridized carbons (Fsp3) is 0.350. The monoisotopic (exact) mass is 428 g/mol. The van der Waals surface area contributed by atoms with Crippen LogP contribution < -0.4 is 11.1 Å². The predicted octanol–water partition coefficient (Wildman–Crippen LogP) is 2.57. The van der Waals surface area contributed by atoms with E-state index >= 15 is 0 Å². The van der Waals surface area contributed by atoms with Crippen molar-refractivity contribution in [2.75, 3.05) is 6.54 Å². The number of carbonyl (C=O) groups is 2. The Morgan fingerprint density at radius 2 is 1.87 bits per heavy atom. The number of hydrogen-bond acceptors (Lipinski definition) is 7. The number of hydrogen-bond donors (Lipinski definition) is 1. The van der Waals surface area contributed by atoms with Gasteiger partial charge in [-0.15, -0.1) is 0 Å². The number of furan rings is 1. The third-order valence-corrected chi connectivity index (χ3v) is 5.48. The molecular weight excluding hydrogens is 408 g/mol. The highest BCUT2D eigenvalue weighted by Crippen LogP contribution is 2.33.